The van der Waals surface area contributed by atoms with Crippen molar-refractivity contribution in [3.63, 3.8) is 0 Å². The topological polar surface area (TPSA) is 49.8 Å². The molecule has 0 spiro atoms. The molecular formula is C18H24ClNO3. The zero-order valence-corrected chi connectivity index (χ0v) is 14.7. The summed E-state index contributed by atoms with van der Waals surface area (Å²) in [7, 11) is 0. The fourth-order valence-corrected chi connectivity index (χ4v) is 2.93. The number of halogens is 1. The van der Waals surface area contributed by atoms with Crippen LogP contribution in [-0.4, -0.2) is 35.6 Å². The van der Waals surface area contributed by atoms with E-state index in [1.807, 2.05) is 18.2 Å². The molecule has 1 atom stereocenters. The van der Waals surface area contributed by atoms with Crippen LogP contribution in [0.3, 0.4) is 0 Å². The summed E-state index contributed by atoms with van der Waals surface area (Å²) in [6.07, 6.45) is 0.859. The number of carbonyl (C=O) groups excluding carboxylic acids is 1. The van der Waals surface area contributed by atoms with E-state index in [4.69, 9.17) is 16.3 Å². The predicted octanol–water partition coefficient (Wildman–Crippen LogP) is 3.94. The number of aliphatic hydroxyl groups excluding tert-OH is 1. The molecule has 5 heteroatoms. The molecular weight excluding hydrogens is 314 g/mol. The molecule has 0 bridgehead atoms. The summed E-state index contributed by atoms with van der Waals surface area (Å²) in [4.78, 5) is 13.3. The number of rotatable bonds is 4. The highest BCUT2D eigenvalue weighted by atomic mass is 35.5. The first-order valence-corrected chi connectivity index (χ1v) is 8.16. The van der Waals surface area contributed by atoms with Crippen molar-refractivity contribution in [1.29, 1.82) is 0 Å². The van der Waals surface area contributed by atoms with Gasteiger partial charge in [-0.25, -0.2) is 0 Å². The minimum absolute atomic E-state index is 0.0630. The molecule has 1 saturated heterocycles. The van der Waals surface area contributed by atoms with Crippen molar-refractivity contribution in [2.24, 2.45) is 5.92 Å². The van der Waals surface area contributed by atoms with Crippen molar-refractivity contribution < 1.29 is 14.6 Å². The molecule has 1 aliphatic rings. The third kappa shape index (κ3) is 4.41. The van der Waals surface area contributed by atoms with Gasteiger partial charge in [-0.2, -0.15) is 0 Å². The molecule has 1 aliphatic heterocycles. The van der Waals surface area contributed by atoms with Gasteiger partial charge in [0.2, 0.25) is 0 Å². The number of ether oxygens (including phenoxy) is 1. The summed E-state index contributed by atoms with van der Waals surface area (Å²) in [5.74, 6) is 0.286. The average Bonchev–Trinajstić information content (AvgIpc) is 2.92. The summed E-state index contributed by atoms with van der Waals surface area (Å²) < 4.78 is 6.01. The Morgan fingerprint density at radius 2 is 2.17 bits per heavy atom. The number of hydrogen-bond acceptors (Lipinski definition) is 3. The van der Waals surface area contributed by atoms with Crippen LogP contribution >= 0.6 is 11.6 Å². The summed E-state index contributed by atoms with van der Waals surface area (Å²) in [5.41, 5.74) is 1.01. The van der Waals surface area contributed by atoms with Crippen molar-refractivity contribution in [2.75, 3.05) is 19.7 Å². The van der Waals surface area contributed by atoms with Crippen molar-refractivity contribution in [2.45, 2.75) is 32.6 Å². The van der Waals surface area contributed by atoms with Crippen molar-refractivity contribution in [3.05, 3.63) is 41.1 Å². The Morgan fingerprint density at radius 1 is 1.48 bits per heavy atom. The Kier molecular flexibility index (Phi) is 5.25. The zero-order chi connectivity index (χ0) is 17.2. The van der Waals surface area contributed by atoms with Crippen molar-refractivity contribution in [3.8, 4) is 5.75 Å². The fourth-order valence-electron chi connectivity index (χ4n) is 2.76. The number of nitrogens with zero attached hydrogens (tertiary/aromatic N) is 1. The van der Waals surface area contributed by atoms with Gasteiger partial charge in [0.15, 0.2) is 5.76 Å². The van der Waals surface area contributed by atoms with Gasteiger partial charge >= 0.3 is 0 Å². The van der Waals surface area contributed by atoms with Crippen LogP contribution in [0.15, 0.2) is 30.5 Å². The average molecular weight is 338 g/mol. The SMILES string of the molecule is C=C(O)C(=O)N1CCC(COc2ccc(Cl)cc2C(C)(C)C)C1. The van der Waals surface area contributed by atoms with Crippen LogP contribution in [0.1, 0.15) is 32.8 Å². The van der Waals surface area contributed by atoms with E-state index in [1.165, 1.54) is 0 Å². The molecule has 1 fully saturated rings. The summed E-state index contributed by atoms with van der Waals surface area (Å²) in [5, 5.41) is 9.89. The predicted molar refractivity (Wildman–Crippen MR) is 92.1 cm³/mol. The molecule has 126 valence electrons. The van der Waals surface area contributed by atoms with Crippen LogP contribution in [0.4, 0.5) is 0 Å². The molecule has 23 heavy (non-hydrogen) atoms. The van der Waals surface area contributed by atoms with Crippen LogP contribution in [0.5, 0.6) is 5.75 Å². The lowest BCUT2D eigenvalue weighted by molar-refractivity contribution is -0.128. The standard InChI is InChI=1S/C18H24ClNO3/c1-12(21)17(22)20-8-7-13(10-20)11-23-16-6-5-14(19)9-15(16)18(2,3)4/h5-6,9,13,21H,1,7-8,10-11H2,2-4H3. The van der Waals surface area contributed by atoms with Gasteiger partial charge in [0.05, 0.1) is 6.61 Å². The highest BCUT2D eigenvalue weighted by Crippen LogP contribution is 2.34. The molecule has 1 heterocycles. The fraction of sp³-hybridized carbons (Fsp3) is 0.500. The summed E-state index contributed by atoms with van der Waals surface area (Å²) in [6, 6.07) is 5.67. The van der Waals surface area contributed by atoms with Crippen LogP contribution in [0, 0.1) is 5.92 Å². The number of aliphatic hydroxyl groups is 1. The quantitative estimate of drug-likeness (QED) is 0.669. The van der Waals surface area contributed by atoms with Crippen molar-refractivity contribution >= 4 is 17.5 Å². The highest BCUT2D eigenvalue weighted by molar-refractivity contribution is 6.30. The van der Waals surface area contributed by atoms with Crippen LogP contribution in [0.2, 0.25) is 5.02 Å². The Hall–Kier alpha value is -1.68. The van der Waals surface area contributed by atoms with E-state index in [9.17, 15) is 9.90 Å². The van der Waals surface area contributed by atoms with E-state index in [2.05, 4.69) is 27.4 Å². The minimum atomic E-state index is -0.403. The maximum absolute atomic E-state index is 11.7. The van der Waals surface area contributed by atoms with E-state index in [-0.39, 0.29) is 11.3 Å². The number of likely N-dealkylation sites (tertiary alicyclic amines) is 1. The van der Waals surface area contributed by atoms with E-state index in [0.717, 1.165) is 17.7 Å². The lowest BCUT2D eigenvalue weighted by Gasteiger charge is -2.24. The highest BCUT2D eigenvalue weighted by Gasteiger charge is 2.28. The van der Waals surface area contributed by atoms with Gasteiger partial charge in [-0.15, -0.1) is 0 Å². The molecule has 1 aromatic rings. The molecule has 0 aliphatic carbocycles. The Bertz CT molecular complexity index is 607. The molecule has 0 saturated carbocycles. The number of hydrogen-bond donors (Lipinski definition) is 1. The van der Waals surface area contributed by atoms with Gasteiger partial charge < -0.3 is 14.7 Å². The number of amides is 1. The largest absolute Gasteiger partial charge is 0.503 e. The van der Waals surface area contributed by atoms with Gasteiger partial charge in [0.25, 0.3) is 5.91 Å². The molecule has 1 unspecified atom stereocenters. The molecule has 2 rings (SSSR count). The smallest absolute Gasteiger partial charge is 0.288 e. The molecule has 1 amide bonds. The zero-order valence-electron chi connectivity index (χ0n) is 13.9. The Labute approximate surface area is 142 Å². The minimum Gasteiger partial charge on any atom is -0.503 e. The Morgan fingerprint density at radius 3 is 2.78 bits per heavy atom. The maximum atomic E-state index is 11.7. The van der Waals surface area contributed by atoms with E-state index >= 15 is 0 Å². The molecule has 4 nitrogen and oxygen atoms in total. The Balaban J connectivity index is 2.00. The molecule has 1 aromatic carbocycles. The summed E-state index contributed by atoms with van der Waals surface area (Å²) >= 11 is 6.10. The van der Waals surface area contributed by atoms with Crippen LogP contribution < -0.4 is 4.74 Å². The normalized spacial score (nSPS) is 18.1. The van der Waals surface area contributed by atoms with Crippen LogP contribution in [-0.2, 0) is 10.2 Å². The molecule has 0 aromatic heterocycles. The first-order chi connectivity index (χ1) is 10.7. The first-order valence-electron chi connectivity index (χ1n) is 7.78. The number of carbonyl (C=O) groups is 1. The van der Waals surface area contributed by atoms with Gasteiger partial charge in [-0.3, -0.25) is 4.79 Å². The second-order valence-corrected chi connectivity index (χ2v) is 7.49. The molecule has 0 radical (unpaired) electrons. The monoisotopic (exact) mass is 337 g/mol. The van der Waals surface area contributed by atoms with Gasteiger partial charge in [0.1, 0.15) is 5.75 Å². The van der Waals surface area contributed by atoms with E-state index < -0.39 is 11.7 Å². The maximum Gasteiger partial charge on any atom is 0.288 e. The third-order valence-electron chi connectivity index (χ3n) is 4.04. The van der Waals surface area contributed by atoms with Crippen LogP contribution in [0.25, 0.3) is 0 Å². The van der Waals surface area contributed by atoms with Gasteiger partial charge in [0, 0.05) is 29.6 Å². The van der Waals surface area contributed by atoms with Gasteiger partial charge in [-0.05, 0) is 30.0 Å². The lowest BCUT2D eigenvalue weighted by Crippen LogP contribution is -2.30. The number of benzene rings is 1. The first kappa shape index (κ1) is 17.7. The van der Waals surface area contributed by atoms with E-state index in [0.29, 0.717) is 24.7 Å². The third-order valence-corrected chi connectivity index (χ3v) is 4.28. The van der Waals surface area contributed by atoms with Gasteiger partial charge in [-0.1, -0.05) is 39.0 Å². The van der Waals surface area contributed by atoms with E-state index in [1.54, 1.807) is 4.90 Å². The lowest BCUT2D eigenvalue weighted by atomic mass is 9.86. The molecule has 1 N–H and O–H groups in total. The van der Waals surface area contributed by atoms with Crippen molar-refractivity contribution in [1.82, 2.24) is 4.90 Å². The summed E-state index contributed by atoms with van der Waals surface area (Å²) in [6.45, 7) is 11.4. The second-order valence-electron chi connectivity index (χ2n) is 7.05. The second kappa shape index (κ2) is 6.83.